The first-order valence-electron chi connectivity index (χ1n) is 20.1. The zero-order chi connectivity index (χ0) is 42.7. The van der Waals surface area contributed by atoms with Crippen molar-refractivity contribution in [2.45, 2.75) is 140 Å². The number of carbonyl (C=O) groups excluding carboxylic acids is 4. The van der Waals surface area contributed by atoms with Crippen LogP contribution < -0.4 is 0 Å². The third kappa shape index (κ3) is 28.4. The summed E-state index contributed by atoms with van der Waals surface area (Å²) >= 11 is 0. The molecule has 314 valence electrons. The van der Waals surface area contributed by atoms with Gasteiger partial charge in [-0.25, -0.2) is 0 Å². The summed E-state index contributed by atoms with van der Waals surface area (Å²) in [6, 6.07) is 9.70. The number of likely N-dealkylation sites (N-methyl/N-ethyl adjacent to an activating group) is 1. The molecule has 0 saturated heterocycles. The Labute approximate surface area is 335 Å². The van der Waals surface area contributed by atoms with Crippen LogP contribution in [-0.2, 0) is 44.7 Å². The van der Waals surface area contributed by atoms with Crippen LogP contribution in [0.3, 0.4) is 0 Å². The highest BCUT2D eigenvalue weighted by molar-refractivity contribution is 5.72. The Bertz CT molecular complexity index is 1310. The van der Waals surface area contributed by atoms with Crippen molar-refractivity contribution >= 4 is 23.9 Å². The van der Waals surface area contributed by atoms with Crippen LogP contribution in [0.4, 0.5) is 0 Å². The summed E-state index contributed by atoms with van der Waals surface area (Å²) < 4.78 is 22.5. The Morgan fingerprint density at radius 3 is 1.82 bits per heavy atom. The second-order valence-electron chi connectivity index (χ2n) is 17.0. The molecule has 0 heterocycles. The van der Waals surface area contributed by atoms with Gasteiger partial charge in [-0.15, -0.1) is 0 Å². The molecule has 55 heavy (non-hydrogen) atoms. The van der Waals surface area contributed by atoms with Crippen LogP contribution >= 0.6 is 0 Å². The summed E-state index contributed by atoms with van der Waals surface area (Å²) in [7, 11) is 6.03. The monoisotopic (exact) mass is 773 g/mol. The van der Waals surface area contributed by atoms with Gasteiger partial charge >= 0.3 is 23.9 Å². The van der Waals surface area contributed by atoms with E-state index >= 15 is 0 Å². The van der Waals surface area contributed by atoms with Gasteiger partial charge in [-0.1, -0.05) is 144 Å². The maximum Gasteiger partial charge on any atom is 0.306 e. The highest BCUT2D eigenvalue weighted by atomic mass is 16.6. The average molecular weight is 773 g/mol. The lowest BCUT2D eigenvalue weighted by Crippen LogP contribution is -2.45. The van der Waals surface area contributed by atoms with Gasteiger partial charge in [-0.05, 0) is 46.6 Å². The maximum absolute atomic E-state index is 13.1. The number of rotatable bonds is 24. The number of esters is 4. The molecule has 0 aromatic heterocycles. The van der Waals surface area contributed by atoms with E-state index in [2.05, 4.69) is 33.9 Å². The predicted molar refractivity (Wildman–Crippen MR) is 225 cm³/mol. The Balaban J connectivity index is 0. The third-order valence-corrected chi connectivity index (χ3v) is 8.65. The number of benzene rings is 1. The molecule has 0 amide bonds. The highest BCUT2D eigenvalue weighted by Crippen LogP contribution is 2.39. The molecule has 0 radical (unpaired) electrons. The molecular formula is C46H78NO8+. The van der Waals surface area contributed by atoms with Gasteiger partial charge in [0, 0.05) is 6.42 Å². The molecule has 0 spiro atoms. The van der Waals surface area contributed by atoms with E-state index in [0.29, 0.717) is 36.9 Å². The molecule has 0 aliphatic heterocycles. The predicted octanol–water partition coefficient (Wildman–Crippen LogP) is 10.4. The summed E-state index contributed by atoms with van der Waals surface area (Å²) in [5.74, 6) is -1.02. The molecule has 0 aliphatic rings. The van der Waals surface area contributed by atoms with Crippen LogP contribution in [0.25, 0.3) is 0 Å². The Morgan fingerprint density at radius 2 is 1.33 bits per heavy atom. The molecule has 0 fully saturated rings. The van der Waals surface area contributed by atoms with Crippen molar-refractivity contribution in [3.63, 3.8) is 0 Å². The van der Waals surface area contributed by atoms with Crippen molar-refractivity contribution in [3.05, 3.63) is 72.9 Å². The molecule has 0 bridgehead atoms. The quantitative estimate of drug-likeness (QED) is 0.0443. The second kappa shape index (κ2) is 27.8. The van der Waals surface area contributed by atoms with Crippen molar-refractivity contribution in [1.82, 2.24) is 0 Å². The molecule has 9 nitrogen and oxygen atoms in total. The number of ether oxygens (including phenoxy) is 4. The fourth-order valence-corrected chi connectivity index (χ4v) is 6.30. The molecular weight excluding hydrogens is 695 g/mol. The number of allylic oxidation sites excluding steroid dienone is 2. The molecule has 1 aromatic carbocycles. The number of nitrogens with zero attached hydrogens (tertiary/aromatic N) is 1. The molecule has 0 saturated carbocycles. The van der Waals surface area contributed by atoms with E-state index in [1.54, 1.807) is 18.2 Å². The number of quaternary nitrogens is 1. The number of hydrogen-bond acceptors (Lipinski definition) is 8. The van der Waals surface area contributed by atoms with Gasteiger partial charge in [0.15, 0.2) is 6.10 Å². The van der Waals surface area contributed by atoms with Gasteiger partial charge < -0.3 is 23.4 Å². The lowest BCUT2D eigenvalue weighted by Gasteiger charge is -2.34. The summed E-state index contributed by atoms with van der Waals surface area (Å²) in [4.78, 5) is 49.2. The van der Waals surface area contributed by atoms with Gasteiger partial charge in [0.05, 0.1) is 40.4 Å². The van der Waals surface area contributed by atoms with Crippen molar-refractivity contribution in [1.29, 1.82) is 0 Å². The molecule has 0 aliphatic carbocycles. The lowest BCUT2D eigenvalue weighted by atomic mass is 9.72. The molecule has 0 N–H and O–H groups in total. The van der Waals surface area contributed by atoms with Gasteiger partial charge in [0.1, 0.15) is 26.4 Å². The Morgan fingerprint density at radius 1 is 0.764 bits per heavy atom. The summed E-state index contributed by atoms with van der Waals surface area (Å²) in [5.41, 5.74) is 0.915. The van der Waals surface area contributed by atoms with E-state index in [1.807, 2.05) is 99.9 Å². The van der Waals surface area contributed by atoms with Gasteiger partial charge in [-0.2, -0.15) is 0 Å². The fourth-order valence-electron chi connectivity index (χ4n) is 6.30. The Hall–Kier alpha value is -3.72. The highest BCUT2D eigenvalue weighted by Gasteiger charge is 2.35. The zero-order valence-electron chi connectivity index (χ0n) is 37.0. The first kappa shape index (κ1) is 53.4. The van der Waals surface area contributed by atoms with Crippen molar-refractivity contribution < 1.29 is 42.6 Å². The number of carbonyl (C=O) groups is 4. The minimum Gasteiger partial charge on any atom is -0.461 e. The SMILES string of the molecule is C=C/C=C(\C=C)COC(=O)CC(C)(C)CC(C)(C)CC(=O)OC(COC(=O)CC(C)(CC)CCC)C[N+](C)(C)C.CC.CCCC(=O)OCc1ccccc1. The summed E-state index contributed by atoms with van der Waals surface area (Å²) in [6.07, 6.45) is 10.1. The van der Waals surface area contributed by atoms with Crippen molar-refractivity contribution in [3.8, 4) is 0 Å². The van der Waals surface area contributed by atoms with Crippen LogP contribution in [-0.4, -0.2) is 75.4 Å². The van der Waals surface area contributed by atoms with Gasteiger partial charge in [0.25, 0.3) is 0 Å². The minimum absolute atomic E-state index is 0.0385. The Kier molecular flexibility index (Phi) is 27.0. The first-order valence-corrected chi connectivity index (χ1v) is 20.1. The smallest absolute Gasteiger partial charge is 0.306 e. The van der Waals surface area contributed by atoms with E-state index in [0.717, 1.165) is 36.8 Å². The average Bonchev–Trinajstić information content (AvgIpc) is 3.08. The largest absolute Gasteiger partial charge is 0.461 e. The number of hydrogen-bond donors (Lipinski definition) is 0. The van der Waals surface area contributed by atoms with Crippen molar-refractivity contribution in [2.75, 3.05) is 40.9 Å². The summed E-state index contributed by atoms with van der Waals surface area (Å²) in [6.45, 7) is 28.7. The van der Waals surface area contributed by atoms with Gasteiger partial charge in [0.2, 0.25) is 0 Å². The second-order valence-corrected chi connectivity index (χ2v) is 17.0. The third-order valence-electron chi connectivity index (χ3n) is 8.65. The van der Waals surface area contributed by atoms with E-state index in [9.17, 15) is 19.2 Å². The topological polar surface area (TPSA) is 105 Å². The van der Waals surface area contributed by atoms with Crippen LogP contribution in [0.5, 0.6) is 0 Å². The van der Waals surface area contributed by atoms with Gasteiger partial charge in [-0.3, -0.25) is 19.2 Å². The first-order chi connectivity index (χ1) is 25.6. The van der Waals surface area contributed by atoms with E-state index < -0.39 is 11.5 Å². The molecule has 2 unspecified atom stereocenters. The normalized spacial score (nSPS) is 13.3. The van der Waals surface area contributed by atoms with E-state index in [-0.39, 0.29) is 60.8 Å². The zero-order valence-corrected chi connectivity index (χ0v) is 37.0. The fraction of sp³-hybridized carbons (Fsp3) is 0.652. The molecule has 1 aromatic rings. The van der Waals surface area contributed by atoms with E-state index in [4.69, 9.17) is 18.9 Å². The van der Waals surface area contributed by atoms with Crippen LogP contribution in [0.1, 0.15) is 133 Å². The van der Waals surface area contributed by atoms with Crippen molar-refractivity contribution in [2.24, 2.45) is 16.2 Å². The van der Waals surface area contributed by atoms with Crippen LogP contribution in [0, 0.1) is 16.2 Å². The maximum atomic E-state index is 13.1. The summed E-state index contributed by atoms with van der Waals surface area (Å²) in [5, 5.41) is 0. The minimum atomic E-state index is -0.544. The molecule has 2 atom stereocenters. The van der Waals surface area contributed by atoms with Crippen LogP contribution in [0.2, 0.25) is 0 Å². The standard InChI is InChI=1S/C33H58NO6.C11H14O2.C2H6/c1-13-17-26(15-3)23-38-28(35)19-31(5,6)25-32(7,8)20-30(37)40-27(22-34(10,11)12)24-39-29(36)21-33(9,16-4)18-14-2;1-2-6-11(12)13-9-10-7-4-3-5-8-10;1-2/h13,15,17,27H,1,3,14,16,18-25H2,2,4-12H3;3-5,7-8H,2,6,9H2,1H3;1-2H3/q+1;;/b26-17+;;. The lowest BCUT2D eigenvalue weighted by molar-refractivity contribution is -0.873. The van der Waals surface area contributed by atoms with E-state index in [1.165, 1.54) is 0 Å². The molecule has 9 heteroatoms. The molecule has 1 rings (SSSR count). The van der Waals surface area contributed by atoms with Crippen LogP contribution in [0.15, 0.2) is 67.3 Å².